The monoisotopic (exact) mass is 453 g/mol. The summed E-state index contributed by atoms with van der Waals surface area (Å²) in [6.07, 6.45) is 0.967. The molecule has 2 rings (SSSR count). The van der Waals surface area contributed by atoms with Gasteiger partial charge in [-0.2, -0.15) is 0 Å². The van der Waals surface area contributed by atoms with E-state index in [2.05, 4.69) is 45.9 Å². The molecule has 7 nitrogen and oxygen atoms in total. The zero-order chi connectivity index (χ0) is 19.8. The molecule has 3 N–H and O–H groups in total. The normalized spacial score (nSPS) is 11.4. The molecule has 0 saturated carbocycles. The SMILES string of the molecule is CCC(C)c1ccccc1OCC(=O)NNC(=S)NC(=O)c1ccc(Br)o1. The van der Waals surface area contributed by atoms with Gasteiger partial charge in [-0.3, -0.25) is 25.8 Å². The first-order valence-corrected chi connectivity index (χ1v) is 9.48. The third-order valence-corrected chi connectivity index (χ3v) is 4.39. The van der Waals surface area contributed by atoms with Crippen molar-refractivity contribution < 1.29 is 18.7 Å². The number of carbonyl (C=O) groups is 2. The second kappa shape index (κ2) is 10.1. The van der Waals surface area contributed by atoms with E-state index in [-0.39, 0.29) is 17.5 Å². The standard InChI is InChI=1S/C18H20BrN3O4S/c1-3-11(2)12-6-4-5-7-13(12)25-10-16(23)21-22-18(27)20-17(24)14-8-9-15(19)26-14/h4-9,11H,3,10H2,1-2H3,(H,21,23)(H2,20,22,24,27). The Bertz CT molecular complexity index is 824. The van der Waals surface area contributed by atoms with Gasteiger partial charge >= 0.3 is 0 Å². The van der Waals surface area contributed by atoms with E-state index < -0.39 is 11.8 Å². The molecule has 0 saturated heterocycles. The maximum absolute atomic E-state index is 11.9. The molecule has 1 aromatic carbocycles. The first kappa shape index (κ1) is 20.9. The number of furan rings is 1. The highest BCUT2D eigenvalue weighted by Crippen LogP contribution is 2.28. The van der Waals surface area contributed by atoms with E-state index in [9.17, 15) is 9.59 Å². The predicted octanol–water partition coefficient (Wildman–Crippen LogP) is 3.27. The molecule has 0 aliphatic carbocycles. The third-order valence-electron chi connectivity index (χ3n) is 3.76. The number of para-hydroxylation sites is 1. The summed E-state index contributed by atoms with van der Waals surface area (Å²) in [4.78, 5) is 23.8. The fraction of sp³-hybridized carbons (Fsp3) is 0.278. The molecule has 0 aliphatic rings. The minimum atomic E-state index is -0.536. The van der Waals surface area contributed by atoms with Crippen LogP contribution in [0, 0.1) is 0 Å². The summed E-state index contributed by atoms with van der Waals surface area (Å²) in [6, 6.07) is 10.7. The highest BCUT2D eigenvalue weighted by atomic mass is 79.9. The number of hydrogen-bond acceptors (Lipinski definition) is 5. The molecule has 0 spiro atoms. The number of halogens is 1. The van der Waals surface area contributed by atoms with E-state index in [1.165, 1.54) is 6.07 Å². The topological polar surface area (TPSA) is 92.6 Å². The van der Waals surface area contributed by atoms with Crippen molar-refractivity contribution in [3.05, 3.63) is 52.4 Å². The van der Waals surface area contributed by atoms with Gasteiger partial charge in [-0.25, -0.2) is 0 Å². The van der Waals surface area contributed by atoms with Gasteiger partial charge in [0.25, 0.3) is 11.8 Å². The van der Waals surface area contributed by atoms with E-state index >= 15 is 0 Å². The molecule has 1 aromatic heterocycles. The van der Waals surface area contributed by atoms with Crippen molar-refractivity contribution in [3.8, 4) is 5.75 Å². The van der Waals surface area contributed by atoms with Crippen molar-refractivity contribution in [2.75, 3.05) is 6.61 Å². The number of thiocarbonyl (C=S) groups is 1. The van der Waals surface area contributed by atoms with Crippen LogP contribution in [0.1, 0.15) is 42.3 Å². The Labute approximate surface area is 170 Å². The van der Waals surface area contributed by atoms with Crippen molar-refractivity contribution in [1.82, 2.24) is 16.2 Å². The predicted molar refractivity (Wildman–Crippen MR) is 108 cm³/mol. The smallest absolute Gasteiger partial charge is 0.293 e. The minimum Gasteiger partial charge on any atom is -0.483 e. The molecule has 0 aliphatic heterocycles. The first-order chi connectivity index (χ1) is 12.9. The molecule has 1 atom stereocenters. The Hall–Kier alpha value is -2.39. The number of ether oxygens (including phenoxy) is 1. The number of carbonyl (C=O) groups excluding carboxylic acids is 2. The van der Waals surface area contributed by atoms with E-state index in [4.69, 9.17) is 21.4 Å². The molecule has 0 fully saturated rings. The first-order valence-electron chi connectivity index (χ1n) is 8.28. The summed E-state index contributed by atoms with van der Waals surface area (Å²) in [7, 11) is 0. The number of benzene rings is 1. The van der Waals surface area contributed by atoms with Gasteiger partial charge in [0.15, 0.2) is 22.1 Å². The van der Waals surface area contributed by atoms with Crippen molar-refractivity contribution >= 4 is 45.1 Å². The lowest BCUT2D eigenvalue weighted by Gasteiger charge is -2.16. The van der Waals surface area contributed by atoms with E-state index in [0.29, 0.717) is 16.3 Å². The van der Waals surface area contributed by atoms with Crippen LogP contribution in [0.3, 0.4) is 0 Å². The Morgan fingerprint density at radius 3 is 2.63 bits per heavy atom. The lowest BCUT2D eigenvalue weighted by atomic mass is 9.98. The number of hydrazine groups is 1. The maximum atomic E-state index is 11.9. The fourth-order valence-corrected chi connectivity index (χ4v) is 2.63. The fourth-order valence-electron chi connectivity index (χ4n) is 2.18. The number of nitrogens with one attached hydrogen (secondary N) is 3. The Kier molecular flexibility index (Phi) is 7.81. The Morgan fingerprint density at radius 2 is 1.96 bits per heavy atom. The van der Waals surface area contributed by atoms with Gasteiger partial charge in [0.2, 0.25) is 0 Å². The van der Waals surface area contributed by atoms with Crippen LogP contribution in [0.4, 0.5) is 0 Å². The van der Waals surface area contributed by atoms with E-state index in [1.807, 2.05) is 24.3 Å². The Morgan fingerprint density at radius 1 is 1.22 bits per heavy atom. The lowest BCUT2D eigenvalue weighted by molar-refractivity contribution is -0.123. The summed E-state index contributed by atoms with van der Waals surface area (Å²) in [5.74, 6) is 0.105. The largest absolute Gasteiger partial charge is 0.483 e. The van der Waals surface area contributed by atoms with Gasteiger partial charge in [-0.15, -0.1) is 0 Å². The summed E-state index contributed by atoms with van der Waals surface area (Å²) in [5.41, 5.74) is 5.86. The Balaban J connectivity index is 1.78. The number of hydrogen-bond donors (Lipinski definition) is 3. The molecule has 1 heterocycles. The molecule has 9 heteroatoms. The molecule has 2 aromatic rings. The molecular formula is C18H20BrN3O4S. The third kappa shape index (κ3) is 6.37. The lowest BCUT2D eigenvalue weighted by Crippen LogP contribution is -2.49. The van der Waals surface area contributed by atoms with Crippen molar-refractivity contribution in [2.45, 2.75) is 26.2 Å². The molecule has 1 unspecified atom stereocenters. The summed E-state index contributed by atoms with van der Waals surface area (Å²) < 4.78 is 11.1. The van der Waals surface area contributed by atoms with Gasteiger partial charge in [0.1, 0.15) is 5.75 Å². The molecule has 0 bridgehead atoms. The zero-order valence-corrected chi connectivity index (χ0v) is 17.3. The van der Waals surface area contributed by atoms with Crippen LogP contribution < -0.4 is 20.9 Å². The highest BCUT2D eigenvalue weighted by Gasteiger charge is 2.13. The summed E-state index contributed by atoms with van der Waals surface area (Å²) in [6.45, 7) is 4.00. The second-order valence-corrected chi connectivity index (χ2v) is 6.89. The second-order valence-electron chi connectivity index (χ2n) is 5.70. The molecule has 2 amide bonds. The van der Waals surface area contributed by atoms with Gasteiger partial charge in [-0.1, -0.05) is 32.0 Å². The zero-order valence-electron chi connectivity index (χ0n) is 14.9. The van der Waals surface area contributed by atoms with Crippen LogP contribution >= 0.6 is 28.1 Å². The van der Waals surface area contributed by atoms with E-state index in [0.717, 1.165) is 12.0 Å². The molecule has 0 radical (unpaired) electrons. The van der Waals surface area contributed by atoms with Gasteiger partial charge < -0.3 is 9.15 Å². The highest BCUT2D eigenvalue weighted by molar-refractivity contribution is 9.10. The van der Waals surface area contributed by atoms with Crippen LogP contribution in [-0.4, -0.2) is 23.5 Å². The maximum Gasteiger partial charge on any atom is 0.293 e. The minimum absolute atomic E-state index is 0.0686. The van der Waals surface area contributed by atoms with Crippen molar-refractivity contribution in [3.63, 3.8) is 0 Å². The van der Waals surface area contributed by atoms with Crippen LogP contribution in [0.2, 0.25) is 0 Å². The quantitative estimate of drug-likeness (QED) is 0.459. The van der Waals surface area contributed by atoms with Crippen molar-refractivity contribution in [2.24, 2.45) is 0 Å². The van der Waals surface area contributed by atoms with E-state index in [1.54, 1.807) is 6.07 Å². The van der Waals surface area contributed by atoms with Gasteiger partial charge in [0.05, 0.1) is 0 Å². The van der Waals surface area contributed by atoms with Crippen LogP contribution in [0.15, 0.2) is 45.5 Å². The summed E-state index contributed by atoms with van der Waals surface area (Å²) >= 11 is 8.06. The number of rotatable bonds is 6. The van der Waals surface area contributed by atoms with Crippen LogP contribution in [0.25, 0.3) is 0 Å². The summed E-state index contributed by atoms with van der Waals surface area (Å²) in [5, 5.41) is 2.31. The van der Waals surface area contributed by atoms with Crippen LogP contribution in [0.5, 0.6) is 5.75 Å². The van der Waals surface area contributed by atoms with Crippen LogP contribution in [-0.2, 0) is 4.79 Å². The van der Waals surface area contributed by atoms with Gasteiger partial charge in [0, 0.05) is 0 Å². The van der Waals surface area contributed by atoms with Crippen molar-refractivity contribution in [1.29, 1.82) is 0 Å². The average molecular weight is 454 g/mol. The molecule has 27 heavy (non-hydrogen) atoms. The number of amides is 2. The molecular weight excluding hydrogens is 434 g/mol. The van der Waals surface area contributed by atoms with Gasteiger partial charge in [-0.05, 0) is 64.2 Å². The average Bonchev–Trinajstić information content (AvgIpc) is 3.10. The molecule has 144 valence electrons.